The molecule has 0 aliphatic heterocycles. The lowest BCUT2D eigenvalue weighted by atomic mass is 10.1. The Hall–Kier alpha value is -3.41. The van der Waals surface area contributed by atoms with Crippen LogP contribution in [0.4, 0.5) is 0 Å². The zero-order valence-electron chi connectivity index (χ0n) is 12.6. The standard InChI is InChI=1S/C18H13N3O3/c22-18(23)16-6-5-15(24-16)12-3-4-13-14(9-12)21-17(20-13)8-11-2-1-7-19-10-11/h1-7,9-10H,8H2,(H,20,21)(H,22,23). The molecule has 0 bridgehead atoms. The normalized spacial score (nSPS) is 11.0. The number of aromatic nitrogens is 3. The molecule has 0 atom stereocenters. The Balaban J connectivity index is 1.66. The summed E-state index contributed by atoms with van der Waals surface area (Å²) in [5, 5.41) is 8.95. The van der Waals surface area contributed by atoms with Gasteiger partial charge in [-0.2, -0.15) is 0 Å². The van der Waals surface area contributed by atoms with Crippen molar-refractivity contribution in [2.24, 2.45) is 0 Å². The minimum Gasteiger partial charge on any atom is -0.475 e. The van der Waals surface area contributed by atoms with Crippen LogP contribution in [0.3, 0.4) is 0 Å². The van der Waals surface area contributed by atoms with Crippen molar-refractivity contribution in [3.05, 3.63) is 72.0 Å². The Morgan fingerprint density at radius 2 is 2.12 bits per heavy atom. The van der Waals surface area contributed by atoms with Gasteiger partial charge in [0.1, 0.15) is 11.6 Å². The molecular formula is C18H13N3O3. The Labute approximate surface area is 136 Å². The third-order valence-corrected chi connectivity index (χ3v) is 3.73. The van der Waals surface area contributed by atoms with Crippen LogP contribution in [0.2, 0.25) is 0 Å². The van der Waals surface area contributed by atoms with Crippen molar-refractivity contribution in [2.75, 3.05) is 0 Å². The van der Waals surface area contributed by atoms with Gasteiger partial charge >= 0.3 is 5.97 Å². The largest absolute Gasteiger partial charge is 0.475 e. The van der Waals surface area contributed by atoms with Crippen molar-refractivity contribution < 1.29 is 14.3 Å². The number of carbonyl (C=O) groups is 1. The molecule has 0 amide bonds. The Kier molecular flexibility index (Phi) is 3.35. The van der Waals surface area contributed by atoms with E-state index in [1.165, 1.54) is 6.07 Å². The molecule has 0 saturated carbocycles. The number of furan rings is 1. The zero-order valence-corrected chi connectivity index (χ0v) is 12.6. The third-order valence-electron chi connectivity index (χ3n) is 3.73. The highest BCUT2D eigenvalue weighted by Gasteiger charge is 2.12. The maximum Gasteiger partial charge on any atom is 0.371 e. The molecule has 6 nitrogen and oxygen atoms in total. The van der Waals surface area contributed by atoms with Crippen LogP contribution in [-0.2, 0) is 6.42 Å². The van der Waals surface area contributed by atoms with Crippen LogP contribution in [0, 0.1) is 0 Å². The van der Waals surface area contributed by atoms with Crippen LogP contribution in [-0.4, -0.2) is 26.0 Å². The quantitative estimate of drug-likeness (QED) is 0.600. The monoisotopic (exact) mass is 319 g/mol. The lowest BCUT2D eigenvalue weighted by molar-refractivity contribution is 0.0663. The molecule has 3 aromatic heterocycles. The molecule has 24 heavy (non-hydrogen) atoms. The summed E-state index contributed by atoms with van der Waals surface area (Å²) in [6, 6.07) is 12.6. The van der Waals surface area contributed by atoms with Gasteiger partial charge in [0.2, 0.25) is 5.76 Å². The third kappa shape index (κ3) is 2.65. The van der Waals surface area contributed by atoms with Crippen LogP contribution in [0.15, 0.2) is 59.3 Å². The molecule has 6 heteroatoms. The number of H-pyrrole nitrogens is 1. The summed E-state index contributed by atoms with van der Waals surface area (Å²) in [4.78, 5) is 22.9. The summed E-state index contributed by atoms with van der Waals surface area (Å²) in [5.41, 5.74) is 3.60. The van der Waals surface area contributed by atoms with Gasteiger partial charge in [0.05, 0.1) is 11.0 Å². The number of carboxylic acids is 1. The summed E-state index contributed by atoms with van der Waals surface area (Å²) in [5.74, 6) is 0.202. The summed E-state index contributed by atoms with van der Waals surface area (Å²) in [7, 11) is 0. The van der Waals surface area contributed by atoms with E-state index in [2.05, 4.69) is 15.0 Å². The maximum atomic E-state index is 10.9. The van der Waals surface area contributed by atoms with Gasteiger partial charge in [-0.15, -0.1) is 0 Å². The van der Waals surface area contributed by atoms with E-state index in [1.54, 1.807) is 12.3 Å². The number of imidazole rings is 1. The summed E-state index contributed by atoms with van der Waals surface area (Å²) in [6.45, 7) is 0. The van der Waals surface area contributed by atoms with Gasteiger partial charge in [-0.25, -0.2) is 9.78 Å². The number of nitrogens with zero attached hydrogens (tertiary/aromatic N) is 2. The summed E-state index contributed by atoms with van der Waals surface area (Å²) in [6.07, 6.45) is 4.22. The fourth-order valence-corrected chi connectivity index (χ4v) is 2.60. The van der Waals surface area contributed by atoms with E-state index < -0.39 is 5.97 Å². The number of rotatable bonds is 4. The second kappa shape index (κ2) is 5.66. The van der Waals surface area contributed by atoms with E-state index in [0.717, 1.165) is 28.0 Å². The molecule has 0 fully saturated rings. The van der Waals surface area contributed by atoms with Crippen molar-refractivity contribution >= 4 is 17.0 Å². The number of carboxylic acid groups (broad SMARTS) is 1. The minimum absolute atomic E-state index is 0.0769. The number of fused-ring (bicyclic) bond motifs is 1. The predicted octanol–water partition coefficient (Wildman–Crippen LogP) is 3.51. The zero-order chi connectivity index (χ0) is 16.5. The van der Waals surface area contributed by atoms with Crippen LogP contribution in [0.1, 0.15) is 21.9 Å². The van der Waals surface area contributed by atoms with Gasteiger partial charge in [0.15, 0.2) is 0 Å². The molecular weight excluding hydrogens is 306 g/mol. The molecule has 0 spiro atoms. The number of aromatic amines is 1. The number of hydrogen-bond acceptors (Lipinski definition) is 4. The van der Waals surface area contributed by atoms with Crippen LogP contribution in [0.25, 0.3) is 22.4 Å². The number of benzene rings is 1. The molecule has 4 rings (SSSR count). The number of aromatic carboxylic acids is 1. The van der Waals surface area contributed by atoms with Crippen molar-refractivity contribution in [3.63, 3.8) is 0 Å². The fraction of sp³-hybridized carbons (Fsp3) is 0.0556. The van der Waals surface area contributed by atoms with Crippen LogP contribution < -0.4 is 0 Å². The van der Waals surface area contributed by atoms with Crippen molar-refractivity contribution in [2.45, 2.75) is 6.42 Å². The van der Waals surface area contributed by atoms with Crippen molar-refractivity contribution in [3.8, 4) is 11.3 Å². The fourth-order valence-electron chi connectivity index (χ4n) is 2.60. The molecule has 4 aromatic rings. The Bertz CT molecular complexity index is 1020. The number of pyridine rings is 1. The van der Waals surface area contributed by atoms with Crippen LogP contribution >= 0.6 is 0 Å². The lowest BCUT2D eigenvalue weighted by Crippen LogP contribution is -1.91. The Morgan fingerprint density at radius 1 is 1.21 bits per heavy atom. The molecule has 3 heterocycles. The van der Waals surface area contributed by atoms with E-state index in [4.69, 9.17) is 9.52 Å². The second-order valence-electron chi connectivity index (χ2n) is 5.42. The molecule has 0 unspecified atom stereocenters. The van der Waals surface area contributed by atoms with Gasteiger partial charge in [-0.05, 0) is 42.0 Å². The maximum absolute atomic E-state index is 10.9. The van der Waals surface area contributed by atoms with Gasteiger partial charge in [-0.1, -0.05) is 6.07 Å². The van der Waals surface area contributed by atoms with Gasteiger partial charge in [0.25, 0.3) is 0 Å². The minimum atomic E-state index is -1.08. The molecule has 2 N–H and O–H groups in total. The van der Waals surface area contributed by atoms with Gasteiger partial charge < -0.3 is 14.5 Å². The average Bonchev–Trinajstić information content (AvgIpc) is 3.21. The highest BCUT2D eigenvalue weighted by molar-refractivity contribution is 5.86. The summed E-state index contributed by atoms with van der Waals surface area (Å²) < 4.78 is 5.34. The predicted molar refractivity (Wildman–Crippen MR) is 87.8 cm³/mol. The molecule has 0 aliphatic rings. The average molecular weight is 319 g/mol. The van der Waals surface area contributed by atoms with E-state index in [9.17, 15) is 4.79 Å². The lowest BCUT2D eigenvalue weighted by Gasteiger charge is -1.96. The first-order chi connectivity index (χ1) is 11.7. The number of hydrogen-bond donors (Lipinski definition) is 2. The van der Waals surface area contributed by atoms with E-state index in [-0.39, 0.29) is 5.76 Å². The first kappa shape index (κ1) is 14.2. The molecule has 0 aliphatic carbocycles. The molecule has 0 saturated heterocycles. The first-order valence-corrected chi connectivity index (χ1v) is 7.40. The van der Waals surface area contributed by atoms with Crippen LogP contribution in [0.5, 0.6) is 0 Å². The Morgan fingerprint density at radius 3 is 2.88 bits per heavy atom. The second-order valence-corrected chi connectivity index (χ2v) is 5.42. The smallest absolute Gasteiger partial charge is 0.371 e. The van der Waals surface area contributed by atoms with E-state index in [0.29, 0.717) is 12.2 Å². The van der Waals surface area contributed by atoms with Crippen molar-refractivity contribution in [1.29, 1.82) is 0 Å². The topological polar surface area (TPSA) is 92.0 Å². The SMILES string of the molecule is O=C(O)c1ccc(-c2ccc3nc(Cc4cccnc4)[nH]c3c2)o1. The molecule has 0 radical (unpaired) electrons. The first-order valence-electron chi connectivity index (χ1n) is 7.40. The van der Waals surface area contributed by atoms with Gasteiger partial charge in [-0.3, -0.25) is 4.98 Å². The van der Waals surface area contributed by atoms with Gasteiger partial charge in [0, 0.05) is 24.4 Å². The highest BCUT2D eigenvalue weighted by atomic mass is 16.4. The van der Waals surface area contributed by atoms with Crippen molar-refractivity contribution in [1.82, 2.24) is 15.0 Å². The van der Waals surface area contributed by atoms with E-state index in [1.807, 2.05) is 36.5 Å². The highest BCUT2D eigenvalue weighted by Crippen LogP contribution is 2.25. The molecule has 118 valence electrons. The summed E-state index contributed by atoms with van der Waals surface area (Å²) >= 11 is 0. The molecule has 1 aromatic carbocycles. The number of nitrogens with one attached hydrogen (secondary N) is 1. The van der Waals surface area contributed by atoms with E-state index >= 15 is 0 Å².